The molecule has 0 bridgehead atoms. The summed E-state index contributed by atoms with van der Waals surface area (Å²) >= 11 is 6.35. The van der Waals surface area contributed by atoms with Crippen LogP contribution in [-0.2, 0) is 0 Å². The maximum atomic E-state index is 13.1. The second-order valence-electron chi connectivity index (χ2n) is 6.61. The smallest absolute Gasteiger partial charge is 0.266 e. The van der Waals surface area contributed by atoms with Gasteiger partial charge in [0.2, 0.25) is 0 Å². The fourth-order valence-corrected chi connectivity index (χ4v) is 3.75. The van der Waals surface area contributed by atoms with Gasteiger partial charge in [-0.3, -0.25) is 14.7 Å². The molecule has 0 unspecified atom stereocenters. The molecule has 0 atom stereocenters. The molecule has 29 heavy (non-hydrogen) atoms. The number of aromatic nitrogens is 3. The van der Waals surface area contributed by atoms with Gasteiger partial charge in [-0.05, 0) is 35.4 Å². The van der Waals surface area contributed by atoms with Crippen LogP contribution in [0.2, 0.25) is 5.02 Å². The Bertz CT molecular complexity index is 1250. The van der Waals surface area contributed by atoms with E-state index in [1.54, 1.807) is 12.1 Å². The summed E-state index contributed by atoms with van der Waals surface area (Å²) in [6, 6.07) is 20.3. The standard InChI is InChI=1S/C22H13ClN4O2/c23-19-11-17-16(10-18(19)20-12-24-26-25-20)21(28)27(22(17)29)15-8-4-7-14(9-15)13-5-2-1-3-6-13/h1-12H,(H,24,25,26). The highest BCUT2D eigenvalue weighted by atomic mass is 35.5. The van der Waals surface area contributed by atoms with Gasteiger partial charge in [0.15, 0.2) is 0 Å². The molecular formula is C22H13ClN4O2. The van der Waals surface area contributed by atoms with E-state index in [1.807, 2.05) is 48.5 Å². The monoisotopic (exact) mass is 400 g/mol. The van der Waals surface area contributed by atoms with E-state index in [0.717, 1.165) is 11.1 Å². The average molecular weight is 401 g/mol. The first kappa shape index (κ1) is 17.3. The molecule has 4 aromatic rings. The molecule has 140 valence electrons. The molecule has 1 aliphatic heterocycles. The van der Waals surface area contributed by atoms with E-state index in [4.69, 9.17) is 11.6 Å². The van der Waals surface area contributed by atoms with Gasteiger partial charge < -0.3 is 0 Å². The Morgan fingerprint density at radius 3 is 2.24 bits per heavy atom. The minimum absolute atomic E-state index is 0.279. The summed E-state index contributed by atoms with van der Waals surface area (Å²) in [5, 5.41) is 10.5. The van der Waals surface area contributed by atoms with Crippen molar-refractivity contribution < 1.29 is 9.59 Å². The molecule has 0 spiro atoms. The minimum atomic E-state index is -0.397. The topological polar surface area (TPSA) is 79.0 Å². The zero-order valence-corrected chi connectivity index (χ0v) is 15.7. The van der Waals surface area contributed by atoms with Crippen LogP contribution in [0, 0.1) is 0 Å². The third-order valence-corrected chi connectivity index (χ3v) is 5.20. The van der Waals surface area contributed by atoms with Crippen LogP contribution in [0.1, 0.15) is 20.7 Å². The molecule has 2 amide bonds. The Labute approximate surface area is 170 Å². The maximum Gasteiger partial charge on any atom is 0.266 e. The van der Waals surface area contributed by atoms with Gasteiger partial charge in [0.1, 0.15) is 0 Å². The lowest BCUT2D eigenvalue weighted by Gasteiger charge is -2.15. The number of amides is 2. The summed E-state index contributed by atoms with van der Waals surface area (Å²) in [6.45, 7) is 0. The predicted octanol–water partition coefficient (Wildman–Crippen LogP) is 4.59. The molecule has 0 radical (unpaired) electrons. The summed E-state index contributed by atoms with van der Waals surface area (Å²) in [5.41, 5.74) is 4.15. The van der Waals surface area contributed by atoms with Gasteiger partial charge in [-0.15, -0.1) is 5.10 Å². The lowest BCUT2D eigenvalue weighted by molar-refractivity contribution is 0.0926. The van der Waals surface area contributed by atoms with Crippen molar-refractivity contribution in [2.24, 2.45) is 0 Å². The number of fused-ring (bicyclic) bond motifs is 1. The number of anilines is 1. The van der Waals surface area contributed by atoms with Gasteiger partial charge in [0, 0.05) is 5.56 Å². The van der Waals surface area contributed by atoms with E-state index in [0.29, 0.717) is 27.5 Å². The number of halogens is 1. The van der Waals surface area contributed by atoms with E-state index in [9.17, 15) is 9.59 Å². The first-order valence-electron chi connectivity index (χ1n) is 8.88. The van der Waals surface area contributed by atoms with Crippen LogP contribution in [0.3, 0.4) is 0 Å². The summed E-state index contributed by atoms with van der Waals surface area (Å²) in [5.74, 6) is -0.785. The highest BCUT2D eigenvalue weighted by Gasteiger charge is 2.37. The number of carbonyl (C=O) groups excluding carboxylic acids is 2. The molecule has 6 nitrogen and oxygen atoms in total. The van der Waals surface area contributed by atoms with Gasteiger partial charge >= 0.3 is 0 Å². The van der Waals surface area contributed by atoms with Crippen molar-refractivity contribution in [2.45, 2.75) is 0 Å². The van der Waals surface area contributed by atoms with Crippen LogP contribution in [-0.4, -0.2) is 27.2 Å². The van der Waals surface area contributed by atoms with Gasteiger partial charge in [0.25, 0.3) is 11.8 Å². The zero-order chi connectivity index (χ0) is 20.0. The van der Waals surface area contributed by atoms with Gasteiger partial charge in [-0.2, -0.15) is 0 Å². The van der Waals surface area contributed by atoms with E-state index in [2.05, 4.69) is 15.4 Å². The van der Waals surface area contributed by atoms with Crippen molar-refractivity contribution in [3.8, 4) is 22.4 Å². The SMILES string of the molecule is O=C1c2cc(Cl)c(-c3cnn[nH]3)cc2C(=O)N1c1cccc(-c2ccccc2)c1. The molecule has 1 N–H and O–H groups in total. The number of carbonyl (C=O) groups is 2. The van der Waals surface area contributed by atoms with E-state index in [1.165, 1.54) is 17.2 Å². The first-order valence-corrected chi connectivity index (χ1v) is 9.25. The molecule has 2 heterocycles. The minimum Gasteiger partial charge on any atom is -0.268 e. The van der Waals surface area contributed by atoms with Crippen LogP contribution < -0.4 is 4.90 Å². The average Bonchev–Trinajstić information content (AvgIpc) is 3.36. The lowest BCUT2D eigenvalue weighted by Crippen LogP contribution is -2.29. The number of hydrogen-bond acceptors (Lipinski definition) is 4. The summed E-state index contributed by atoms with van der Waals surface area (Å²) in [4.78, 5) is 27.3. The Balaban J connectivity index is 1.58. The predicted molar refractivity (Wildman–Crippen MR) is 110 cm³/mol. The van der Waals surface area contributed by atoms with Crippen LogP contribution in [0.15, 0.2) is 72.9 Å². The highest BCUT2D eigenvalue weighted by Crippen LogP contribution is 2.36. The van der Waals surface area contributed by atoms with Crippen molar-refractivity contribution in [2.75, 3.05) is 4.90 Å². The van der Waals surface area contributed by atoms with Crippen LogP contribution in [0.4, 0.5) is 5.69 Å². The van der Waals surface area contributed by atoms with Crippen molar-refractivity contribution in [3.05, 3.63) is 89.1 Å². The molecule has 0 saturated carbocycles. The van der Waals surface area contributed by atoms with E-state index in [-0.39, 0.29) is 11.5 Å². The number of rotatable bonds is 3. The summed E-state index contributed by atoms with van der Waals surface area (Å²) in [6.07, 6.45) is 1.51. The molecule has 1 aromatic heterocycles. The number of aromatic amines is 1. The third-order valence-electron chi connectivity index (χ3n) is 4.89. The van der Waals surface area contributed by atoms with Crippen molar-refractivity contribution in [3.63, 3.8) is 0 Å². The molecule has 3 aromatic carbocycles. The Hall–Kier alpha value is -3.77. The van der Waals surface area contributed by atoms with E-state index < -0.39 is 5.91 Å². The molecule has 7 heteroatoms. The lowest BCUT2D eigenvalue weighted by atomic mass is 10.0. The maximum absolute atomic E-state index is 13.1. The van der Waals surface area contributed by atoms with Gasteiger partial charge in [-0.1, -0.05) is 59.3 Å². The number of imide groups is 1. The number of nitrogens with zero attached hydrogens (tertiary/aromatic N) is 3. The number of nitrogens with one attached hydrogen (secondary N) is 1. The normalized spacial score (nSPS) is 13.1. The highest BCUT2D eigenvalue weighted by molar-refractivity contribution is 6.38. The Morgan fingerprint density at radius 1 is 0.793 bits per heavy atom. The molecule has 5 rings (SSSR count). The quantitative estimate of drug-likeness (QED) is 0.510. The summed E-state index contributed by atoms with van der Waals surface area (Å²) in [7, 11) is 0. The number of H-pyrrole nitrogens is 1. The zero-order valence-electron chi connectivity index (χ0n) is 15.0. The van der Waals surface area contributed by atoms with Crippen LogP contribution >= 0.6 is 11.6 Å². The van der Waals surface area contributed by atoms with Gasteiger partial charge in [0.05, 0.1) is 33.7 Å². The number of benzene rings is 3. The van der Waals surface area contributed by atoms with Crippen molar-refractivity contribution >= 4 is 29.1 Å². The Kier molecular flexibility index (Phi) is 4.00. The second-order valence-corrected chi connectivity index (χ2v) is 7.02. The van der Waals surface area contributed by atoms with Crippen LogP contribution in [0.5, 0.6) is 0 Å². The first-order chi connectivity index (χ1) is 14.1. The molecular weight excluding hydrogens is 388 g/mol. The molecule has 1 aliphatic rings. The third kappa shape index (κ3) is 2.81. The van der Waals surface area contributed by atoms with Crippen LogP contribution in [0.25, 0.3) is 22.4 Å². The second kappa shape index (κ2) is 6.68. The largest absolute Gasteiger partial charge is 0.268 e. The van der Waals surface area contributed by atoms with Crippen molar-refractivity contribution in [1.29, 1.82) is 0 Å². The molecule has 0 aliphatic carbocycles. The fraction of sp³-hybridized carbons (Fsp3) is 0. The molecule has 0 saturated heterocycles. The van der Waals surface area contributed by atoms with Crippen molar-refractivity contribution in [1.82, 2.24) is 15.4 Å². The fourth-order valence-electron chi connectivity index (χ4n) is 3.48. The van der Waals surface area contributed by atoms with E-state index >= 15 is 0 Å². The van der Waals surface area contributed by atoms with Gasteiger partial charge in [-0.25, -0.2) is 4.90 Å². The Morgan fingerprint density at radius 2 is 1.52 bits per heavy atom. The summed E-state index contributed by atoms with van der Waals surface area (Å²) < 4.78 is 0. The number of hydrogen-bond donors (Lipinski definition) is 1. The molecule has 0 fully saturated rings.